The van der Waals surface area contributed by atoms with Gasteiger partial charge in [-0.1, -0.05) is 224 Å². The number of benzene rings is 10. The highest BCUT2D eigenvalue weighted by molar-refractivity contribution is 6.06. The molecule has 10 aromatic carbocycles. The molecule has 0 radical (unpaired) electrons. The van der Waals surface area contributed by atoms with Gasteiger partial charge < -0.3 is 4.42 Å². The van der Waals surface area contributed by atoms with Gasteiger partial charge >= 0.3 is 0 Å². The Labute approximate surface area is 362 Å². The molecule has 0 unspecified atom stereocenters. The van der Waals surface area contributed by atoms with Gasteiger partial charge in [-0.2, -0.15) is 0 Å². The minimum atomic E-state index is 0.0268. The molecule has 62 heavy (non-hydrogen) atoms. The van der Waals surface area contributed by atoms with E-state index >= 15 is 0 Å². The lowest BCUT2D eigenvalue weighted by atomic mass is 9.83. The fourth-order valence-electron chi connectivity index (χ4n) is 8.97. The van der Waals surface area contributed by atoms with Crippen molar-refractivity contribution in [3.05, 3.63) is 265 Å². The van der Waals surface area contributed by atoms with E-state index in [0.29, 0.717) is 0 Å². The molecule has 1 aromatic heterocycles. The topological polar surface area (TPSA) is 13.1 Å². The second kappa shape index (κ2) is 16.2. The Kier molecular flexibility index (Phi) is 9.69. The molecule has 292 valence electrons. The molecule has 0 aliphatic heterocycles. The molecule has 0 aliphatic carbocycles. The third-order valence-corrected chi connectivity index (χ3v) is 12.3. The van der Waals surface area contributed by atoms with E-state index in [9.17, 15) is 0 Å². The van der Waals surface area contributed by atoms with Crippen molar-refractivity contribution in [3.8, 4) is 66.8 Å². The van der Waals surface area contributed by atoms with Crippen LogP contribution in [0.5, 0.6) is 0 Å². The number of fused-ring (bicyclic) bond motifs is 3. The van der Waals surface area contributed by atoms with Gasteiger partial charge in [0.15, 0.2) is 0 Å². The first-order chi connectivity index (χ1) is 30.7. The summed E-state index contributed by atoms with van der Waals surface area (Å²) in [5.41, 5.74) is 20.0. The van der Waals surface area contributed by atoms with Gasteiger partial charge in [0, 0.05) is 16.7 Å². The molecule has 0 N–H and O–H groups in total. The van der Waals surface area contributed by atoms with Crippen molar-refractivity contribution < 1.29 is 4.42 Å². The molecule has 0 fully saturated rings. The maximum atomic E-state index is 6.14. The van der Waals surface area contributed by atoms with Crippen molar-refractivity contribution in [1.29, 1.82) is 0 Å². The monoisotopic (exact) mass is 790 g/mol. The first kappa shape index (κ1) is 37.0. The van der Waals surface area contributed by atoms with Crippen LogP contribution in [0.15, 0.2) is 253 Å². The summed E-state index contributed by atoms with van der Waals surface area (Å²) in [5.74, 6) is 0.0268. The number of furan rings is 1. The first-order valence-corrected chi connectivity index (χ1v) is 21.3. The van der Waals surface area contributed by atoms with Gasteiger partial charge in [-0.25, -0.2) is 0 Å². The second-order valence-electron chi connectivity index (χ2n) is 16.1. The van der Waals surface area contributed by atoms with E-state index in [1.165, 1.54) is 83.5 Å². The van der Waals surface area contributed by atoms with Crippen LogP contribution in [0.4, 0.5) is 0 Å². The number of hydrogen-bond acceptors (Lipinski definition) is 1. The molecule has 0 bridgehead atoms. The quantitative estimate of drug-likeness (QED) is 0.133. The van der Waals surface area contributed by atoms with Gasteiger partial charge in [0.25, 0.3) is 0 Å². The third kappa shape index (κ3) is 7.31. The summed E-state index contributed by atoms with van der Waals surface area (Å²) >= 11 is 0. The Morgan fingerprint density at radius 2 is 0.565 bits per heavy atom. The smallest absolute Gasteiger partial charge is 0.135 e. The normalized spacial score (nSPS) is 11.4. The van der Waals surface area contributed by atoms with Crippen LogP contribution in [0.2, 0.25) is 0 Å². The summed E-state index contributed by atoms with van der Waals surface area (Å²) in [6.45, 7) is 0. The van der Waals surface area contributed by atoms with Gasteiger partial charge in [-0.15, -0.1) is 0 Å². The van der Waals surface area contributed by atoms with Gasteiger partial charge in [0.2, 0.25) is 0 Å². The van der Waals surface area contributed by atoms with Gasteiger partial charge in [-0.3, -0.25) is 0 Å². The summed E-state index contributed by atoms with van der Waals surface area (Å²) in [5, 5.41) is 2.28. The third-order valence-electron chi connectivity index (χ3n) is 12.3. The minimum absolute atomic E-state index is 0.0268. The van der Waals surface area contributed by atoms with Crippen molar-refractivity contribution in [2.45, 2.75) is 5.92 Å². The largest absolute Gasteiger partial charge is 0.456 e. The van der Waals surface area contributed by atoms with E-state index in [0.717, 1.165) is 21.9 Å². The van der Waals surface area contributed by atoms with Crippen molar-refractivity contribution in [1.82, 2.24) is 0 Å². The molecule has 0 amide bonds. The van der Waals surface area contributed by atoms with Crippen molar-refractivity contribution >= 4 is 21.9 Å². The summed E-state index contributed by atoms with van der Waals surface area (Å²) in [4.78, 5) is 0. The lowest BCUT2D eigenvalue weighted by Crippen LogP contribution is -2.04. The van der Waals surface area contributed by atoms with Crippen LogP contribution in [-0.2, 0) is 0 Å². The molecular weight excluding hydrogens is 749 g/mol. The number of para-hydroxylation sites is 1. The average molecular weight is 791 g/mol. The maximum Gasteiger partial charge on any atom is 0.135 e. The Morgan fingerprint density at radius 1 is 0.210 bits per heavy atom. The SMILES string of the molecule is c1ccc(-c2ccc(-c3ccc(C(c4ccc(-c5ccc(-c6ccccc6)cc5)cc4)c4cccc(-c5cccc(-c6ccc7oc8ccccc8c7c6)c5)c4)cc3)cc2)cc1. The average Bonchev–Trinajstić information content (AvgIpc) is 3.73. The van der Waals surface area contributed by atoms with Crippen LogP contribution in [0.3, 0.4) is 0 Å². The van der Waals surface area contributed by atoms with Crippen LogP contribution in [-0.4, -0.2) is 0 Å². The van der Waals surface area contributed by atoms with Crippen LogP contribution >= 0.6 is 0 Å². The molecule has 0 atom stereocenters. The highest BCUT2D eigenvalue weighted by atomic mass is 16.3. The van der Waals surface area contributed by atoms with Gasteiger partial charge in [-0.05, 0) is 108 Å². The van der Waals surface area contributed by atoms with E-state index in [1.807, 2.05) is 12.1 Å². The highest BCUT2D eigenvalue weighted by Gasteiger charge is 2.19. The fraction of sp³-hybridized carbons (Fsp3) is 0.0164. The summed E-state index contributed by atoms with van der Waals surface area (Å²) in [6, 6.07) is 90.0. The zero-order valence-corrected chi connectivity index (χ0v) is 34.2. The summed E-state index contributed by atoms with van der Waals surface area (Å²) < 4.78 is 6.14. The molecule has 1 nitrogen and oxygen atoms in total. The standard InChI is InChI=1S/C61H42O/c1-3-11-42(12-4-1)44-21-25-46(26-22-44)48-29-33-50(34-30-48)61(51-35-31-49(32-36-51)47-27-23-45(24-28-47)43-13-5-2-6-14-43)56-18-10-17-54(40-56)52-15-9-16-53(39-52)55-37-38-60-58(41-55)57-19-7-8-20-59(57)62-60/h1-41,61H. The van der Waals surface area contributed by atoms with Crippen LogP contribution < -0.4 is 0 Å². The Morgan fingerprint density at radius 3 is 1.08 bits per heavy atom. The fourth-order valence-corrected chi connectivity index (χ4v) is 8.97. The van der Waals surface area contributed by atoms with Crippen molar-refractivity contribution in [3.63, 3.8) is 0 Å². The zero-order chi connectivity index (χ0) is 41.2. The lowest BCUT2D eigenvalue weighted by Gasteiger charge is -2.21. The minimum Gasteiger partial charge on any atom is -0.456 e. The van der Waals surface area contributed by atoms with Gasteiger partial charge in [0.05, 0.1) is 0 Å². The van der Waals surface area contributed by atoms with Gasteiger partial charge in [0.1, 0.15) is 11.2 Å². The number of rotatable bonds is 9. The van der Waals surface area contributed by atoms with Crippen LogP contribution in [0, 0.1) is 0 Å². The molecule has 0 aliphatic rings. The molecule has 1 heterocycles. The molecule has 11 rings (SSSR count). The molecular formula is C61H42O. The molecule has 1 heteroatoms. The lowest BCUT2D eigenvalue weighted by molar-refractivity contribution is 0.669. The second-order valence-corrected chi connectivity index (χ2v) is 16.1. The first-order valence-electron chi connectivity index (χ1n) is 21.3. The van der Waals surface area contributed by atoms with Crippen LogP contribution in [0.1, 0.15) is 22.6 Å². The Balaban J connectivity index is 0.938. The van der Waals surface area contributed by atoms with E-state index in [2.05, 4.69) is 237 Å². The molecule has 11 aromatic rings. The number of hydrogen-bond donors (Lipinski definition) is 0. The predicted octanol–water partition coefficient (Wildman–Crippen LogP) is 16.8. The molecule has 0 saturated carbocycles. The Hall–Kier alpha value is -8.00. The highest BCUT2D eigenvalue weighted by Crippen LogP contribution is 2.38. The maximum absolute atomic E-state index is 6.14. The van der Waals surface area contributed by atoms with E-state index < -0.39 is 0 Å². The van der Waals surface area contributed by atoms with Crippen molar-refractivity contribution in [2.24, 2.45) is 0 Å². The zero-order valence-electron chi connectivity index (χ0n) is 34.2. The van der Waals surface area contributed by atoms with E-state index in [4.69, 9.17) is 4.42 Å². The van der Waals surface area contributed by atoms with E-state index in [-0.39, 0.29) is 5.92 Å². The molecule has 0 spiro atoms. The summed E-state index contributed by atoms with van der Waals surface area (Å²) in [7, 11) is 0. The van der Waals surface area contributed by atoms with E-state index in [1.54, 1.807) is 0 Å². The predicted molar refractivity (Wildman–Crippen MR) is 260 cm³/mol. The van der Waals surface area contributed by atoms with Crippen molar-refractivity contribution in [2.75, 3.05) is 0 Å². The Bertz CT molecular complexity index is 3160. The summed E-state index contributed by atoms with van der Waals surface area (Å²) in [6.07, 6.45) is 0. The molecule has 0 saturated heterocycles. The van der Waals surface area contributed by atoms with Crippen LogP contribution in [0.25, 0.3) is 88.7 Å².